The minimum atomic E-state index is -0.848. The zero-order valence-corrected chi connectivity index (χ0v) is 9.77. The second kappa shape index (κ2) is 4.74. The Morgan fingerprint density at radius 2 is 2.12 bits per heavy atom. The molecule has 1 aromatic rings. The normalized spacial score (nSPS) is 15.2. The number of nitrogens with zero attached hydrogens (tertiary/aromatic N) is 1. The average molecular weight is 238 g/mol. The van der Waals surface area contributed by atoms with Gasteiger partial charge in [-0.25, -0.2) is 4.98 Å². The van der Waals surface area contributed by atoms with E-state index in [1.54, 1.807) is 0 Å². The maximum atomic E-state index is 10.8. The lowest BCUT2D eigenvalue weighted by atomic mass is 10.0. The Balaban J connectivity index is 2.46. The summed E-state index contributed by atoms with van der Waals surface area (Å²) in [6.07, 6.45) is 5.26. The molecule has 0 atom stereocenters. The molecular formula is C11H14N2O2S. The van der Waals surface area contributed by atoms with Crippen molar-refractivity contribution in [2.75, 3.05) is 0 Å². The molecule has 0 radical (unpaired) electrons. The van der Waals surface area contributed by atoms with E-state index in [-0.39, 0.29) is 6.42 Å². The van der Waals surface area contributed by atoms with Crippen LogP contribution in [0.3, 0.4) is 0 Å². The topological polar surface area (TPSA) is 66.0 Å². The van der Waals surface area contributed by atoms with E-state index >= 15 is 0 Å². The number of carboxylic acids is 1. The van der Waals surface area contributed by atoms with E-state index in [0.717, 1.165) is 36.9 Å². The van der Waals surface area contributed by atoms with Crippen molar-refractivity contribution in [1.29, 1.82) is 0 Å². The van der Waals surface area contributed by atoms with Crippen molar-refractivity contribution in [2.24, 2.45) is 0 Å². The molecule has 1 heterocycles. The van der Waals surface area contributed by atoms with Crippen molar-refractivity contribution >= 4 is 18.2 Å². The fourth-order valence-corrected chi connectivity index (χ4v) is 2.41. The Kier molecular flexibility index (Phi) is 3.33. The molecule has 5 heteroatoms. The molecule has 86 valence electrons. The maximum absolute atomic E-state index is 10.8. The summed E-state index contributed by atoms with van der Waals surface area (Å²) in [7, 11) is 0. The summed E-state index contributed by atoms with van der Waals surface area (Å²) >= 11 is 5.02. The number of H-pyrrole nitrogens is 1. The third kappa shape index (κ3) is 2.47. The van der Waals surface area contributed by atoms with E-state index in [4.69, 9.17) is 17.3 Å². The number of carboxylic acid groups (broad SMARTS) is 1. The molecule has 0 spiro atoms. The molecule has 1 aliphatic carbocycles. The third-order valence-corrected chi connectivity index (χ3v) is 3.07. The van der Waals surface area contributed by atoms with E-state index in [1.807, 2.05) is 0 Å². The van der Waals surface area contributed by atoms with Crippen LogP contribution in [0, 0.1) is 4.77 Å². The molecule has 0 unspecified atom stereocenters. The molecule has 1 aliphatic rings. The van der Waals surface area contributed by atoms with Crippen molar-refractivity contribution in [1.82, 2.24) is 9.97 Å². The molecule has 0 aliphatic heterocycles. The number of aromatic nitrogens is 2. The quantitative estimate of drug-likeness (QED) is 0.611. The number of hydrogen-bond donors (Lipinski definition) is 2. The highest BCUT2D eigenvalue weighted by molar-refractivity contribution is 7.71. The van der Waals surface area contributed by atoms with Crippen molar-refractivity contribution in [3.05, 3.63) is 21.7 Å². The van der Waals surface area contributed by atoms with E-state index in [2.05, 4.69) is 9.97 Å². The number of rotatable bonds is 2. The van der Waals surface area contributed by atoms with Crippen LogP contribution in [0.15, 0.2) is 0 Å². The van der Waals surface area contributed by atoms with Crippen LogP contribution in [-0.2, 0) is 24.1 Å². The largest absolute Gasteiger partial charge is 0.481 e. The summed E-state index contributed by atoms with van der Waals surface area (Å²) in [6, 6.07) is 0. The van der Waals surface area contributed by atoms with Gasteiger partial charge in [-0.2, -0.15) is 0 Å². The van der Waals surface area contributed by atoms with Gasteiger partial charge < -0.3 is 10.1 Å². The lowest BCUT2D eigenvalue weighted by Crippen LogP contribution is -2.10. The van der Waals surface area contributed by atoms with Gasteiger partial charge in [-0.05, 0) is 43.5 Å². The van der Waals surface area contributed by atoms with E-state index in [9.17, 15) is 4.79 Å². The number of aryl methyl sites for hydroxylation is 1. The molecule has 16 heavy (non-hydrogen) atoms. The van der Waals surface area contributed by atoms with Gasteiger partial charge in [0, 0.05) is 5.69 Å². The number of aliphatic carboxylic acids is 1. The Morgan fingerprint density at radius 1 is 1.38 bits per heavy atom. The molecule has 4 nitrogen and oxygen atoms in total. The van der Waals surface area contributed by atoms with Crippen LogP contribution in [0.25, 0.3) is 0 Å². The lowest BCUT2D eigenvalue weighted by Gasteiger charge is -2.09. The van der Waals surface area contributed by atoms with Crippen LogP contribution in [0.1, 0.15) is 36.2 Å². The van der Waals surface area contributed by atoms with Crippen LogP contribution >= 0.6 is 12.2 Å². The van der Waals surface area contributed by atoms with Gasteiger partial charge in [0.25, 0.3) is 0 Å². The monoisotopic (exact) mass is 238 g/mol. The molecule has 0 fully saturated rings. The molecule has 0 amide bonds. The first-order valence-corrected chi connectivity index (χ1v) is 5.90. The van der Waals surface area contributed by atoms with E-state index in [0.29, 0.717) is 10.5 Å². The molecule has 2 rings (SSSR count). The molecular weight excluding hydrogens is 224 g/mol. The Bertz CT molecular complexity index is 468. The number of fused-ring (bicyclic) bond motifs is 1. The minimum Gasteiger partial charge on any atom is -0.481 e. The summed E-state index contributed by atoms with van der Waals surface area (Å²) in [6.45, 7) is 0. The van der Waals surface area contributed by atoms with Gasteiger partial charge in [0.1, 0.15) is 0 Å². The van der Waals surface area contributed by atoms with E-state index in [1.165, 1.54) is 6.42 Å². The standard InChI is InChI=1S/C11H14N2O2S/c14-10(15)6-9-7-4-2-1-3-5-8(7)12-11(16)13-9/h1-6H2,(H,14,15)(H,12,13,16). The molecule has 2 N–H and O–H groups in total. The van der Waals surface area contributed by atoms with Crippen LogP contribution in [0.5, 0.6) is 0 Å². The molecule has 0 saturated heterocycles. The van der Waals surface area contributed by atoms with Gasteiger partial charge in [-0.3, -0.25) is 4.79 Å². The van der Waals surface area contributed by atoms with Gasteiger partial charge in [0.15, 0.2) is 4.77 Å². The van der Waals surface area contributed by atoms with Gasteiger partial charge in [0.2, 0.25) is 0 Å². The first-order valence-electron chi connectivity index (χ1n) is 5.49. The fraction of sp³-hybridized carbons (Fsp3) is 0.545. The van der Waals surface area contributed by atoms with Gasteiger partial charge in [-0.15, -0.1) is 0 Å². The van der Waals surface area contributed by atoms with Gasteiger partial charge in [0.05, 0.1) is 12.1 Å². The Morgan fingerprint density at radius 3 is 2.88 bits per heavy atom. The third-order valence-electron chi connectivity index (χ3n) is 2.88. The Hall–Kier alpha value is -1.23. The predicted molar refractivity (Wildman–Crippen MR) is 62.0 cm³/mol. The first-order chi connectivity index (χ1) is 7.66. The van der Waals surface area contributed by atoms with Crippen molar-refractivity contribution in [3.8, 4) is 0 Å². The summed E-state index contributed by atoms with van der Waals surface area (Å²) in [4.78, 5) is 18.0. The number of carbonyl (C=O) groups is 1. The molecule has 1 aromatic heterocycles. The van der Waals surface area contributed by atoms with Crippen LogP contribution in [-0.4, -0.2) is 21.0 Å². The fourth-order valence-electron chi connectivity index (χ4n) is 2.18. The molecule has 0 saturated carbocycles. The SMILES string of the molecule is O=C(O)Cc1nc(=S)[nH]c2c1CCCCC2. The molecule has 0 aromatic carbocycles. The number of aromatic amines is 1. The Labute approximate surface area is 98.7 Å². The lowest BCUT2D eigenvalue weighted by molar-refractivity contribution is -0.136. The zero-order valence-electron chi connectivity index (χ0n) is 8.95. The second-order valence-electron chi connectivity index (χ2n) is 4.08. The van der Waals surface area contributed by atoms with E-state index < -0.39 is 5.97 Å². The van der Waals surface area contributed by atoms with Crippen molar-refractivity contribution < 1.29 is 9.90 Å². The van der Waals surface area contributed by atoms with Crippen molar-refractivity contribution in [3.63, 3.8) is 0 Å². The number of hydrogen-bond acceptors (Lipinski definition) is 3. The predicted octanol–water partition coefficient (Wildman–Crippen LogP) is 2.04. The summed E-state index contributed by atoms with van der Waals surface area (Å²) in [5.74, 6) is -0.848. The highest BCUT2D eigenvalue weighted by Crippen LogP contribution is 2.21. The van der Waals surface area contributed by atoms with Crippen LogP contribution in [0.2, 0.25) is 0 Å². The smallest absolute Gasteiger partial charge is 0.309 e. The molecule has 0 bridgehead atoms. The van der Waals surface area contributed by atoms with Crippen LogP contribution < -0.4 is 0 Å². The minimum absolute atomic E-state index is 0.0271. The van der Waals surface area contributed by atoms with Gasteiger partial charge >= 0.3 is 5.97 Å². The average Bonchev–Trinajstić information content (AvgIpc) is 2.41. The highest BCUT2D eigenvalue weighted by atomic mass is 32.1. The summed E-state index contributed by atoms with van der Waals surface area (Å²) in [5.41, 5.74) is 2.82. The van der Waals surface area contributed by atoms with Gasteiger partial charge in [-0.1, -0.05) is 6.42 Å². The zero-order chi connectivity index (χ0) is 11.5. The summed E-state index contributed by atoms with van der Waals surface area (Å²) in [5, 5.41) is 8.85. The van der Waals surface area contributed by atoms with Crippen LogP contribution in [0.4, 0.5) is 0 Å². The van der Waals surface area contributed by atoms with Crippen molar-refractivity contribution in [2.45, 2.75) is 38.5 Å². The second-order valence-corrected chi connectivity index (χ2v) is 4.46. The first kappa shape index (κ1) is 11.3. The number of nitrogens with one attached hydrogen (secondary N) is 1. The maximum Gasteiger partial charge on any atom is 0.309 e. The highest BCUT2D eigenvalue weighted by Gasteiger charge is 2.15. The summed E-state index contributed by atoms with van der Waals surface area (Å²) < 4.78 is 0.400.